The Balaban J connectivity index is 0.000000142. The number of fused-ring (bicyclic) bond motifs is 1. The average molecular weight is 1800 g/mol. The number of phenols is 8. The van der Waals surface area contributed by atoms with Crippen LogP contribution in [0.25, 0.3) is 79.2 Å². The Hall–Kier alpha value is -13.5. The van der Waals surface area contributed by atoms with E-state index in [0.717, 1.165) is 125 Å². The fourth-order valence-corrected chi connectivity index (χ4v) is 17.5. The van der Waals surface area contributed by atoms with Crippen molar-refractivity contribution in [1.82, 2.24) is 90.2 Å². The lowest BCUT2D eigenvalue weighted by molar-refractivity contribution is 0.0940. The summed E-state index contributed by atoms with van der Waals surface area (Å²) in [7, 11) is 0. The number of hydrogen-bond donors (Lipinski definition) is 14. The molecule has 0 atom stereocenters. The number of aromatic nitrogens is 13. The van der Waals surface area contributed by atoms with Gasteiger partial charge in [0.15, 0.2) is 23.3 Å². The van der Waals surface area contributed by atoms with Gasteiger partial charge in [-0.05, 0) is 270 Å². The summed E-state index contributed by atoms with van der Waals surface area (Å²) in [6.07, 6.45) is 12.2. The zero-order valence-electron chi connectivity index (χ0n) is 76.9. The van der Waals surface area contributed by atoms with E-state index in [1.54, 1.807) is 50.1 Å². The molecule has 13 aromatic rings. The first-order chi connectivity index (χ1) is 63.6. The van der Waals surface area contributed by atoms with Crippen LogP contribution in [0.1, 0.15) is 248 Å². The van der Waals surface area contributed by atoms with Crippen LogP contribution in [0.5, 0.6) is 51.7 Å². The highest BCUT2D eigenvalue weighted by molar-refractivity contribution is 5.96. The molecule has 4 saturated heterocycles. The Morgan fingerprint density at radius 3 is 1.24 bits per heavy atom. The fraction of sp³-hybridized carbons (Fsp3) is 0.396. The first-order valence-corrected chi connectivity index (χ1v) is 46.1. The molecule has 31 heteroatoms. The highest BCUT2D eigenvalue weighted by Gasteiger charge is 2.31. The zero-order chi connectivity index (χ0) is 93.7. The molecule has 132 heavy (non-hydrogen) atoms. The Labute approximate surface area is 767 Å². The molecule has 0 spiro atoms. The quantitative estimate of drug-likeness (QED) is 0.0213. The van der Waals surface area contributed by atoms with E-state index in [1.807, 2.05) is 125 Å². The predicted molar refractivity (Wildman–Crippen MR) is 509 cm³/mol. The minimum atomic E-state index is -0.421. The van der Waals surface area contributed by atoms with Crippen LogP contribution in [0.4, 0.5) is 0 Å². The van der Waals surface area contributed by atoms with Gasteiger partial charge in [-0.25, -0.2) is 14.5 Å². The lowest BCUT2D eigenvalue weighted by Crippen LogP contribution is -2.39. The number of aromatic amines is 1. The van der Waals surface area contributed by atoms with E-state index in [4.69, 9.17) is 4.74 Å². The van der Waals surface area contributed by atoms with Crippen LogP contribution >= 0.6 is 0 Å². The fourth-order valence-electron chi connectivity index (χ4n) is 17.5. The number of carbonyl (C=O) groups excluding carboxylic acids is 3. The number of ether oxygens (including phenoxy) is 1. The predicted octanol–water partition coefficient (Wildman–Crippen LogP) is 16.5. The van der Waals surface area contributed by atoms with Crippen LogP contribution in [0.3, 0.4) is 0 Å². The van der Waals surface area contributed by atoms with Crippen LogP contribution in [-0.4, -0.2) is 187 Å². The van der Waals surface area contributed by atoms with Gasteiger partial charge >= 0.3 is 5.69 Å². The van der Waals surface area contributed by atoms with Gasteiger partial charge < -0.3 is 76.7 Å². The number of phenolic OH excluding ortho intramolecular Hbond substituents is 8. The molecule has 4 aliphatic rings. The maximum atomic E-state index is 13.0. The SMILES string of the molecule is CC(C)c1cc(-c2n[nH]c(=O)n2-c2ccc(OC3CCNCC3)cc2)c(O)cc1O.CCCC(=O)c1nnc(-c2cc(C(C)C)c(O)cc2O)n1-c1ccc(C2CCNCC2)cc1.CCCC(=O)c1nnc(-c2cc(C(C)C)c(O)cc2O)n1-c1ccc(C2CNC2)cc1.CCNC(=O)c1nnc(-c2cc(C(C)C)c(O)cc2O)n1-c1ccc2c(ccn2CCC2CCNCC2)c1. The second kappa shape index (κ2) is 42.6. The van der Waals surface area contributed by atoms with Crippen molar-refractivity contribution in [3.05, 3.63) is 213 Å². The van der Waals surface area contributed by atoms with Crippen LogP contribution in [0, 0.1) is 5.92 Å². The summed E-state index contributed by atoms with van der Waals surface area (Å²) in [6, 6.07) is 43.7. The smallest absolute Gasteiger partial charge is 0.348 e. The lowest BCUT2D eigenvalue weighted by Gasteiger charge is -2.27. The third-order valence-electron chi connectivity index (χ3n) is 25.0. The minimum absolute atomic E-state index is 0.00935. The van der Waals surface area contributed by atoms with Gasteiger partial charge in [0.05, 0.1) is 33.6 Å². The van der Waals surface area contributed by atoms with Crippen LogP contribution in [0.15, 0.2) is 157 Å². The number of H-pyrrole nitrogens is 1. The summed E-state index contributed by atoms with van der Waals surface area (Å²) >= 11 is 0. The minimum Gasteiger partial charge on any atom is -0.508 e. The van der Waals surface area contributed by atoms with E-state index in [2.05, 4.69) is 115 Å². The normalized spacial score (nSPS) is 14.5. The van der Waals surface area contributed by atoms with Gasteiger partial charge in [-0.15, -0.1) is 30.6 Å². The Bertz CT molecular complexity index is 6260. The standard InChI is InChI=1S/C29H36N6O3.C26H32N4O3.C24H28N4O3.C22H26N4O4/c1-4-31-29(38)28-33-32-27(23-16-22(18(2)3)25(36)17-26(23)37)35(28)21-5-6-24-20(15-21)10-14-34(24)13-9-19-7-11-30-12-8-19;1-4-5-22(31)26-29-28-25(21-14-20(16(2)3)23(32)15-24(21)33)30(26)19-8-6-17(7-9-19)18-10-12-27-13-11-18;1-4-5-20(29)24-27-26-23(19-10-18(14(2)3)21(30)11-22(19)31)28(24)17-8-6-15(7-9-17)16-12-25-13-16;1-13(2)17-11-18(20(28)12-19(17)27)21-24-25-22(29)26(21)14-3-5-15(6-4-14)30-16-7-9-23-10-8-16/h5-6,10,14-19,30,36-37H,4,7-9,11-13H2,1-3H3,(H,31,38);6-9,14-16,18,27,32-33H,4-5,10-13H2,1-3H3;6-11,14,16,25,30-31H,4-5,12-13H2,1-3H3;3-6,11-13,16,23,27-28H,7-10H2,1-2H3,(H,25,29). The maximum Gasteiger partial charge on any atom is 0.348 e. The number of aromatic hydroxyl groups is 8. The number of amides is 1. The molecule has 694 valence electrons. The largest absolute Gasteiger partial charge is 0.508 e. The summed E-state index contributed by atoms with van der Waals surface area (Å²) in [5.41, 5.74) is 10.4. The van der Waals surface area contributed by atoms with Crippen molar-refractivity contribution in [2.24, 2.45) is 5.92 Å². The van der Waals surface area contributed by atoms with E-state index in [1.165, 1.54) is 52.8 Å². The Kier molecular flexibility index (Phi) is 30.5. The van der Waals surface area contributed by atoms with Crippen LogP contribution in [-0.2, 0) is 6.54 Å². The number of nitrogens with zero attached hydrogens (tertiary/aromatic N) is 12. The monoisotopic (exact) mass is 1790 g/mol. The molecule has 0 aliphatic carbocycles. The van der Waals surface area contributed by atoms with Crippen molar-refractivity contribution < 1.29 is 60.0 Å². The average Bonchev–Trinajstić information content (AvgIpc) is 1.59. The lowest BCUT2D eigenvalue weighted by atomic mass is 9.90. The van der Waals surface area contributed by atoms with Crippen molar-refractivity contribution in [3.8, 4) is 120 Å². The number of ketones is 2. The van der Waals surface area contributed by atoms with Crippen LogP contribution in [0.2, 0.25) is 0 Å². The summed E-state index contributed by atoms with van der Waals surface area (Å²) < 4.78 is 14.8. The maximum absolute atomic E-state index is 13.0. The van der Waals surface area contributed by atoms with Gasteiger partial charge in [0.25, 0.3) is 5.91 Å². The number of carbonyl (C=O) groups is 3. The number of hydrogen-bond acceptors (Lipinski definition) is 24. The first kappa shape index (κ1) is 94.6. The highest BCUT2D eigenvalue weighted by Crippen LogP contribution is 2.44. The summed E-state index contributed by atoms with van der Waals surface area (Å²) in [5.74, 6) is 3.70. The molecular weight excluding hydrogens is 1670 g/mol. The molecule has 0 bridgehead atoms. The highest BCUT2D eigenvalue weighted by atomic mass is 16.5. The van der Waals surface area contributed by atoms with E-state index in [9.17, 15) is 60.0 Å². The van der Waals surface area contributed by atoms with Gasteiger partial charge in [0.2, 0.25) is 29.0 Å². The molecule has 14 N–H and O–H groups in total. The van der Waals surface area contributed by atoms with Gasteiger partial charge in [-0.2, -0.15) is 5.10 Å². The molecule has 0 radical (unpaired) electrons. The van der Waals surface area contributed by atoms with Crippen molar-refractivity contribution in [3.63, 3.8) is 0 Å². The number of benzene rings is 8. The number of Topliss-reactive ketones (excluding diaryl/α,β-unsaturated/α-hetero) is 2. The van der Waals surface area contributed by atoms with Crippen molar-refractivity contribution in [2.75, 3.05) is 58.9 Å². The first-order valence-electron chi connectivity index (χ1n) is 46.1. The molecule has 5 aromatic heterocycles. The van der Waals surface area contributed by atoms with E-state index in [0.29, 0.717) is 117 Å². The van der Waals surface area contributed by atoms with Gasteiger partial charge in [0, 0.05) is 97.7 Å². The third kappa shape index (κ3) is 21.2. The van der Waals surface area contributed by atoms with Crippen LogP contribution < -0.4 is 37.0 Å². The Morgan fingerprint density at radius 2 is 0.818 bits per heavy atom. The number of nitrogens with one attached hydrogen (secondary N) is 6. The van der Waals surface area contributed by atoms with Gasteiger partial charge in [0.1, 0.15) is 57.8 Å². The summed E-state index contributed by atoms with van der Waals surface area (Å²) in [5, 5.41) is 133. The second-order valence-corrected chi connectivity index (χ2v) is 35.6. The second-order valence-electron chi connectivity index (χ2n) is 35.6. The van der Waals surface area contributed by atoms with Crippen molar-refractivity contribution in [1.29, 1.82) is 0 Å². The topological polar surface area (TPSA) is 430 Å². The number of rotatable bonds is 27. The zero-order valence-corrected chi connectivity index (χ0v) is 76.9. The number of piperidine rings is 3. The Morgan fingerprint density at radius 1 is 0.424 bits per heavy atom. The molecule has 17 rings (SSSR count). The van der Waals surface area contributed by atoms with E-state index in [-0.39, 0.29) is 117 Å². The molecule has 4 fully saturated rings. The molecule has 1 amide bonds. The molecule has 4 aliphatic heterocycles. The van der Waals surface area contributed by atoms with Crippen molar-refractivity contribution in [2.45, 2.75) is 195 Å². The van der Waals surface area contributed by atoms with E-state index >= 15 is 0 Å². The molecule has 0 saturated carbocycles. The van der Waals surface area contributed by atoms with Gasteiger partial charge in [-0.1, -0.05) is 93.5 Å². The molecule has 0 unspecified atom stereocenters. The molecular formula is C101H122N18O13. The third-order valence-corrected chi connectivity index (χ3v) is 25.0. The summed E-state index contributed by atoms with van der Waals surface area (Å²) in [4.78, 5) is 51.1. The molecule has 31 nitrogen and oxygen atoms in total. The molecule has 9 heterocycles. The van der Waals surface area contributed by atoms with E-state index < -0.39 is 5.69 Å². The summed E-state index contributed by atoms with van der Waals surface area (Å²) in [6.45, 7) is 30.9. The van der Waals surface area contributed by atoms with Gasteiger partial charge in [-0.3, -0.25) is 28.1 Å². The van der Waals surface area contributed by atoms with Crippen molar-refractivity contribution >= 4 is 28.4 Å². The number of aryl methyl sites for hydroxylation is 1. The molecule has 8 aromatic carbocycles.